The molecule has 3 rings (SSSR count). The average molecular weight is 357 g/mol. The highest BCUT2D eigenvalue weighted by molar-refractivity contribution is 6.13. The summed E-state index contributed by atoms with van der Waals surface area (Å²) in [4.78, 5) is 51.9. The monoisotopic (exact) mass is 357 g/mol. The maximum atomic E-state index is 12.9. The molecule has 0 bridgehead atoms. The fourth-order valence-electron chi connectivity index (χ4n) is 3.26. The Bertz CT molecular complexity index is 762. The standard InChI is InChI=1S/C19H23N3O4/c1-13(23)15-4-3-5-16(12-15)20-17(25)19(6-7-19)18(26)22-10-8-21(9-11-22)14(2)24/h3-5,12H,6-11H2,1-2H3,(H,20,25). The van der Waals surface area contributed by atoms with Crippen LogP contribution in [0.1, 0.15) is 37.0 Å². The second kappa shape index (κ2) is 6.90. The van der Waals surface area contributed by atoms with Crippen LogP contribution < -0.4 is 5.32 Å². The third kappa shape index (κ3) is 3.47. The number of rotatable bonds is 4. The van der Waals surface area contributed by atoms with Crippen LogP contribution in [0.15, 0.2) is 24.3 Å². The van der Waals surface area contributed by atoms with Crippen molar-refractivity contribution in [2.45, 2.75) is 26.7 Å². The van der Waals surface area contributed by atoms with Crippen molar-refractivity contribution in [3.63, 3.8) is 0 Å². The Labute approximate surface area is 152 Å². The molecule has 1 N–H and O–H groups in total. The van der Waals surface area contributed by atoms with Crippen molar-refractivity contribution in [3.8, 4) is 0 Å². The Morgan fingerprint density at radius 3 is 2.12 bits per heavy atom. The molecule has 1 saturated carbocycles. The minimum absolute atomic E-state index is 0.00123. The summed E-state index contributed by atoms with van der Waals surface area (Å²) in [6.45, 7) is 4.88. The van der Waals surface area contributed by atoms with Crippen LogP contribution in [-0.4, -0.2) is 59.5 Å². The number of Topliss-reactive ketones (excluding diaryl/α,β-unsaturated/α-hetero) is 1. The summed E-state index contributed by atoms with van der Waals surface area (Å²) in [7, 11) is 0. The van der Waals surface area contributed by atoms with Crippen LogP contribution in [0.2, 0.25) is 0 Å². The lowest BCUT2D eigenvalue weighted by molar-refractivity contribution is -0.146. The van der Waals surface area contributed by atoms with Crippen molar-refractivity contribution in [1.29, 1.82) is 0 Å². The van der Waals surface area contributed by atoms with E-state index in [2.05, 4.69) is 5.32 Å². The molecule has 2 fully saturated rings. The molecule has 0 aromatic heterocycles. The molecule has 1 aromatic rings. The third-order valence-electron chi connectivity index (χ3n) is 5.13. The molecule has 3 amide bonds. The number of nitrogens with zero attached hydrogens (tertiary/aromatic N) is 2. The molecule has 7 nitrogen and oxygen atoms in total. The van der Waals surface area contributed by atoms with Gasteiger partial charge in [0.2, 0.25) is 17.7 Å². The maximum absolute atomic E-state index is 12.9. The van der Waals surface area contributed by atoms with E-state index in [0.717, 1.165) is 0 Å². The van der Waals surface area contributed by atoms with Crippen LogP contribution in [0.3, 0.4) is 0 Å². The molecule has 1 saturated heterocycles. The lowest BCUT2D eigenvalue weighted by atomic mass is 10.0. The summed E-state index contributed by atoms with van der Waals surface area (Å²) in [6.07, 6.45) is 1.05. The van der Waals surface area contributed by atoms with Crippen molar-refractivity contribution in [2.75, 3.05) is 31.5 Å². The molecular formula is C19H23N3O4. The van der Waals surface area contributed by atoms with E-state index in [4.69, 9.17) is 0 Å². The van der Waals surface area contributed by atoms with Crippen LogP contribution in [0.4, 0.5) is 5.69 Å². The number of ketones is 1. The molecule has 0 unspecified atom stereocenters. The first-order chi connectivity index (χ1) is 12.3. The second-order valence-electron chi connectivity index (χ2n) is 6.97. The summed E-state index contributed by atoms with van der Waals surface area (Å²) >= 11 is 0. The molecule has 1 aromatic carbocycles. The van der Waals surface area contributed by atoms with Gasteiger partial charge >= 0.3 is 0 Å². The van der Waals surface area contributed by atoms with Crippen molar-refractivity contribution >= 4 is 29.2 Å². The largest absolute Gasteiger partial charge is 0.339 e. The number of hydrogen-bond acceptors (Lipinski definition) is 4. The number of nitrogens with one attached hydrogen (secondary N) is 1. The van der Waals surface area contributed by atoms with E-state index >= 15 is 0 Å². The highest BCUT2D eigenvalue weighted by Crippen LogP contribution is 2.48. The van der Waals surface area contributed by atoms with Gasteiger partial charge in [0.15, 0.2) is 5.78 Å². The zero-order valence-corrected chi connectivity index (χ0v) is 15.1. The predicted octanol–water partition coefficient (Wildman–Crippen LogP) is 1.30. The fourth-order valence-corrected chi connectivity index (χ4v) is 3.26. The Morgan fingerprint density at radius 2 is 1.58 bits per heavy atom. The zero-order chi connectivity index (χ0) is 18.9. The Hall–Kier alpha value is -2.70. The number of piperazine rings is 1. The highest BCUT2D eigenvalue weighted by Gasteiger charge is 2.58. The Balaban J connectivity index is 1.66. The molecule has 138 valence electrons. The lowest BCUT2D eigenvalue weighted by Gasteiger charge is -2.35. The number of anilines is 1. The van der Waals surface area contributed by atoms with Gasteiger partial charge in [-0.05, 0) is 31.9 Å². The number of carbonyl (C=O) groups excluding carboxylic acids is 4. The Morgan fingerprint density at radius 1 is 0.962 bits per heavy atom. The number of hydrogen-bond donors (Lipinski definition) is 1. The van der Waals surface area contributed by atoms with E-state index in [-0.39, 0.29) is 23.5 Å². The van der Waals surface area contributed by atoms with Crippen molar-refractivity contribution < 1.29 is 19.2 Å². The summed E-state index contributed by atoms with van der Waals surface area (Å²) in [5.74, 6) is -0.568. The van der Waals surface area contributed by atoms with Gasteiger partial charge in [-0.15, -0.1) is 0 Å². The second-order valence-corrected chi connectivity index (χ2v) is 6.97. The van der Waals surface area contributed by atoms with Crippen LogP contribution in [0, 0.1) is 5.41 Å². The van der Waals surface area contributed by atoms with Crippen LogP contribution >= 0.6 is 0 Å². The van der Waals surface area contributed by atoms with E-state index in [9.17, 15) is 19.2 Å². The lowest BCUT2D eigenvalue weighted by Crippen LogP contribution is -2.53. The van der Waals surface area contributed by atoms with Gasteiger partial charge in [-0.1, -0.05) is 12.1 Å². The molecule has 0 radical (unpaired) electrons. The van der Waals surface area contributed by atoms with E-state index in [1.54, 1.807) is 34.1 Å². The van der Waals surface area contributed by atoms with E-state index in [1.165, 1.54) is 13.8 Å². The normalized spacial score (nSPS) is 18.2. The summed E-state index contributed by atoms with van der Waals surface area (Å²) < 4.78 is 0. The molecule has 26 heavy (non-hydrogen) atoms. The predicted molar refractivity (Wildman–Crippen MR) is 95.6 cm³/mol. The molecule has 0 atom stereocenters. The van der Waals surface area contributed by atoms with Crippen molar-refractivity contribution in [2.24, 2.45) is 5.41 Å². The highest BCUT2D eigenvalue weighted by atomic mass is 16.2. The van der Waals surface area contributed by atoms with E-state index in [1.807, 2.05) is 0 Å². The molecule has 2 aliphatic rings. The Kier molecular flexibility index (Phi) is 4.80. The maximum Gasteiger partial charge on any atom is 0.240 e. The van der Waals surface area contributed by atoms with Crippen LogP contribution in [0.5, 0.6) is 0 Å². The van der Waals surface area contributed by atoms with E-state index < -0.39 is 5.41 Å². The van der Waals surface area contributed by atoms with Gasteiger partial charge in [-0.3, -0.25) is 19.2 Å². The molecule has 0 spiro atoms. The summed E-state index contributed by atoms with van der Waals surface area (Å²) in [5.41, 5.74) is 0.0208. The first kappa shape index (κ1) is 18.1. The van der Waals surface area contributed by atoms with Gasteiger partial charge in [0.1, 0.15) is 5.41 Å². The SMILES string of the molecule is CC(=O)c1cccc(NC(=O)C2(C(=O)N3CCN(C(C)=O)CC3)CC2)c1. The number of carbonyl (C=O) groups is 4. The first-order valence-electron chi connectivity index (χ1n) is 8.81. The molecule has 1 aliphatic carbocycles. The van der Waals surface area contributed by atoms with E-state index in [0.29, 0.717) is 50.3 Å². The zero-order valence-electron chi connectivity index (χ0n) is 15.1. The molecule has 1 heterocycles. The van der Waals surface area contributed by atoms with Gasteiger partial charge in [0, 0.05) is 44.4 Å². The summed E-state index contributed by atoms with van der Waals surface area (Å²) in [5, 5.41) is 2.78. The summed E-state index contributed by atoms with van der Waals surface area (Å²) in [6, 6.07) is 6.71. The first-order valence-corrected chi connectivity index (χ1v) is 8.81. The molecular weight excluding hydrogens is 334 g/mol. The van der Waals surface area contributed by atoms with Gasteiger partial charge in [0.25, 0.3) is 0 Å². The topological polar surface area (TPSA) is 86.8 Å². The number of amides is 3. The molecule has 7 heteroatoms. The van der Waals surface area contributed by atoms with Gasteiger partial charge < -0.3 is 15.1 Å². The quantitative estimate of drug-likeness (QED) is 0.650. The van der Waals surface area contributed by atoms with Gasteiger partial charge in [0.05, 0.1) is 0 Å². The fraction of sp³-hybridized carbons (Fsp3) is 0.474. The number of benzene rings is 1. The average Bonchev–Trinajstić information content (AvgIpc) is 3.43. The smallest absolute Gasteiger partial charge is 0.240 e. The molecule has 1 aliphatic heterocycles. The van der Waals surface area contributed by atoms with Crippen molar-refractivity contribution in [3.05, 3.63) is 29.8 Å². The van der Waals surface area contributed by atoms with Crippen molar-refractivity contribution in [1.82, 2.24) is 9.80 Å². The van der Waals surface area contributed by atoms with Crippen LogP contribution in [0.25, 0.3) is 0 Å². The minimum Gasteiger partial charge on any atom is -0.339 e. The van der Waals surface area contributed by atoms with Gasteiger partial charge in [-0.2, -0.15) is 0 Å². The minimum atomic E-state index is -1.01. The van der Waals surface area contributed by atoms with Gasteiger partial charge in [-0.25, -0.2) is 0 Å². The third-order valence-corrected chi connectivity index (χ3v) is 5.13. The van der Waals surface area contributed by atoms with Crippen LogP contribution in [-0.2, 0) is 14.4 Å².